The molecule has 1 atom stereocenters. The molecule has 10 heteroatoms. The third-order valence-corrected chi connectivity index (χ3v) is 4.69. The Bertz CT molecular complexity index is 882. The van der Waals surface area contributed by atoms with E-state index in [2.05, 4.69) is 5.32 Å². The number of amides is 2. The Morgan fingerprint density at radius 2 is 1.74 bits per heavy atom. The maximum absolute atomic E-state index is 13.5. The molecule has 0 bridgehead atoms. The molecule has 0 saturated carbocycles. The quantitative estimate of drug-likeness (QED) is 0.419. The van der Waals surface area contributed by atoms with Gasteiger partial charge in [0.25, 0.3) is 0 Å². The molecule has 0 heterocycles. The summed E-state index contributed by atoms with van der Waals surface area (Å²) in [4.78, 5) is 24.3. The molecule has 144 valence electrons. The van der Waals surface area contributed by atoms with Crippen LogP contribution in [0.4, 0.5) is 23.2 Å². The summed E-state index contributed by atoms with van der Waals surface area (Å²) in [6, 6.07) is 5.51. The van der Waals surface area contributed by atoms with E-state index in [9.17, 15) is 27.2 Å². The first-order chi connectivity index (χ1) is 12.7. The van der Waals surface area contributed by atoms with Gasteiger partial charge in [0.05, 0.1) is 22.5 Å². The Hall–Kier alpha value is -2.26. The molecule has 2 N–H and O–H groups in total. The topological polar surface area (TPSA) is 58.2 Å². The van der Waals surface area contributed by atoms with Crippen LogP contribution in [0, 0.1) is 23.3 Å². The van der Waals surface area contributed by atoms with E-state index in [1.165, 1.54) is 18.2 Å². The number of anilines is 1. The highest BCUT2D eigenvalue weighted by Gasteiger charge is 2.18. The van der Waals surface area contributed by atoms with Crippen molar-refractivity contribution in [1.82, 2.24) is 5.32 Å². The van der Waals surface area contributed by atoms with Crippen LogP contribution < -0.4 is 10.6 Å². The second kappa shape index (κ2) is 9.09. The Kier molecular flexibility index (Phi) is 7.09. The minimum atomic E-state index is -1.71. The number of rotatable bonds is 6. The SMILES string of the molecule is CC(Sc1ccc(F)c(Cl)c1)C(=O)NCC(=O)Nc1ccc(F)c(F)c1F. The summed E-state index contributed by atoms with van der Waals surface area (Å²) in [5, 5.41) is 3.64. The van der Waals surface area contributed by atoms with E-state index in [-0.39, 0.29) is 5.02 Å². The van der Waals surface area contributed by atoms with E-state index >= 15 is 0 Å². The summed E-state index contributed by atoms with van der Waals surface area (Å²) >= 11 is 6.76. The van der Waals surface area contributed by atoms with Crippen LogP contribution in [0.3, 0.4) is 0 Å². The fourth-order valence-corrected chi connectivity index (χ4v) is 3.11. The number of halogens is 5. The summed E-state index contributed by atoms with van der Waals surface area (Å²) in [7, 11) is 0. The van der Waals surface area contributed by atoms with Crippen LogP contribution in [-0.2, 0) is 9.59 Å². The first kappa shape index (κ1) is 21.0. The molecule has 4 nitrogen and oxygen atoms in total. The zero-order valence-electron chi connectivity index (χ0n) is 13.8. The first-order valence-corrected chi connectivity index (χ1v) is 8.77. The van der Waals surface area contributed by atoms with Gasteiger partial charge in [-0.05, 0) is 37.3 Å². The summed E-state index contributed by atoms with van der Waals surface area (Å²) in [5.41, 5.74) is -0.545. The van der Waals surface area contributed by atoms with Gasteiger partial charge >= 0.3 is 0 Å². The molecule has 2 rings (SSSR count). The van der Waals surface area contributed by atoms with Gasteiger partial charge in [-0.2, -0.15) is 0 Å². The maximum Gasteiger partial charge on any atom is 0.243 e. The Morgan fingerprint density at radius 1 is 1.07 bits per heavy atom. The summed E-state index contributed by atoms with van der Waals surface area (Å²) < 4.78 is 52.6. The lowest BCUT2D eigenvalue weighted by atomic mass is 10.2. The number of thioether (sulfide) groups is 1. The minimum Gasteiger partial charge on any atom is -0.346 e. The molecule has 2 aromatic rings. The molecule has 1 unspecified atom stereocenters. The van der Waals surface area contributed by atoms with Crippen molar-refractivity contribution >= 4 is 40.9 Å². The maximum atomic E-state index is 13.5. The van der Waals surface area contributed by atoms with Crippen LogP contribution in [0.1, 0.15) is 6.92 Å². The van der Waals surface area contributed by atoms with Crippen LogP contribution in [0.25, 0.3) is 0 Å². The van der Waals surface area contributed by atoms with Gasteiger partial charge in [0.2, 0.25) is 11.8 Å². The third kappa shape index (κ3) is 5.61. The predicted octanol–water partition coefficient (Wildman–Crippen LogP) is 4.13. The first-order valence-electron chi connectivity index (χ1n) is 7.51. The number of carbonyl (C=O) groups excluding carboxylic acids is 2. The molecule has 0 aliphatic carbocycles. The molecule has 0 aliphatic rings. The molecule has 2 amide bonds. The molecule has 27 heavy (non-hydrogen) atoms. The van der Waals surface area contributed by atoms with Gasteiger partial charge in [-0.1, -0.05) is 11.6 Å². The lowest BCUT2D eigenvalue weighted by Crippen LogP contribution is -2.37. The van der Waals surface area contributed by atoms with E-state index in [4.69, 9.17) is 11.6 Å². The van der Waals surface area contributed by atoms with E-state index < -0.39 is 52.6 Å². The molecule has 2 aromatic carbocycles. The van der Waals surface area contributed by atoms with Crippen molar-refractivity contribution in [3.8, 4) is 0 Å². The lowest BCUT2D eigenvalue weighted by Gasteiger charge is -2.13. The van der Waals surface area contributed by atoms with Crippen LogP contribution in [0.2, 0.25) is 5.02 Å². The zero-order valence-corrected chi connectivity index (χ0v) is 15.4. The summed E-state index contributed by atoms with van der Waals surface area (Å²) in [6.45, 7) is 1.05. The smallest absolute Gasteiger partial charge is 0.243 e. The van der Waals surface area contributed by atoms with Crippen molar-refractivity contribution in [2.75, 3.05) is 11.9 Å². The van der Waals surface area contributed by atoms with Crippen molar-refractivity contribution in [2.45, 2.75) is 17.1 Å². The molecule has 0 radical (unpaired) electrons. The highest BCUT2D eigenvalue weighted by Crippen LogP contribution is 2.27. The highest BCUT2D eigenvalue weighted by atomic mass is 35.5. The zero-order chi connectivity index (χ0) is 20.1. The van der Waals surface area contributed by atoms with Crippen molar-refractivity contribution in [3.63, 3.8) is 0 Å². The van der Waals surface area contributed by atoms with E-state index in [0.29, 0.717) is 11.0 Å². The number of carbonyl (C=O) groups is 2. The lowest BCUT2D eigenvalue weighted by molar-refractivity contribution is -0.123. The van der Waals surface area contributed by atoms with Gasteiger partial charge < -0.3 is 10.6 Å². The van der Waals surface area contributed by atoms with Crippen LogP contribution in [0.5, 0.6) is 0 Å². The fourth-order valence-electron chi connectivity index (χ4n) is 1.94. The molecule has 0 fully saturated rings. The van der Waals surface area contributed by atoms with Gasteiger partial charge in [0.1, 0.15) is 5.82 Å². The monoisotopic (exact) mass is 420 g/mol. The molecular weight excluding hydrogens is 408 g/mol. The van der Waals surface area contributed by atoms with Gasteiger partial charge in [-0.15, -0.1) is 11.8 Å². The number of hydrogen-bond donors (Lipinski definition) is 2. The second-order valence-corrected chi connectivity index (χ2v) is 7.15. The number of nitrogens with one attached hydrogen (secondary N) is 2. The molecular formula is C17H13ClF4N2O2S. The summed E-state index contributed by atoms with van der Waals surface area (Å²) in [6.07, 6.45) is 0. The molecule has 0 spiro atoms. The van der Waals surface area contributed by atoms with Gasteiger partial charge in [-0.3, -0.25) is 9.59 Å². The number of hydrogen-bond acceptors (Lipinski definition) is 3. The van der Waals surface area contributed by atoms with Crippen molar-refractivity contribution < 1.29 is 27.2 Å². The average molecular weight is 421 g/mol. The Labute approximate surface area is 161 Å². The van der Waals surface area contributed by atoms with Crippen molar-refractivity contribution in [3.05, 3.63) is 58.6 Å². The fraction of sp³-hybridized carbons (Fsp3) is 0.176. The molecule has 0 aromatic heterocycles. The van der Waals surface area contributed by atoms with Crippen molar-refractivity contribution in [2.24, 2.45) is 0 Å². The third-order valence-electron chi connectivity index (χ3n) is 3.31. The Morgan fingerprint density at radius 3 is 2.41 bits per heavy atom. The molecule has 0 saturated heterocycles. The standard InChI is InChI=1S/C17H13ClF4N2O2S/c1-8(27-9-2-3-11(19)10(18)6-9)17(26)23-7-14(25)24-13-5-4-12(20)15(21)16(13)22/h2-6,8H,7H2,1H3,(H,23,26)(H,24,25). The predicted molar refractivity (Wildman–Crippen MR) is 94.7 cm³/mol. The van der Waals surface area contributed by atoms with E-state index in [1.807, 2.05) is 5.32 Å². The van der Waals surface area contributed by atoms with E-state index in [0.717, 1.165) is 17.8 Å². The van der Waals surface area contributed by atoms with Gasteiger partial charge in [0.15, 0.2) is 17.5 Å². The van der Waals surface area contributed by atoms with Crippen LogP contribution in [-0.4, -0.2) is 23.6 Å². The largest absolute Gasteiger partial charge is 0.346 e. The molecule has 0 aliphatic heterocycles. The van der Waals surface area contributed by atoms with Crippen LogP contribution in [0.15, 0.2) is 35.2 Å². The van der Waals surface area contributed by atoms with Gasteiger partial charge in [0, 0.05) is 4.90 Å². The minimum absolute atomic E-state index is 0.0828. The van der Waals surface area contributed by atoms with Gasteiger partial charge in [-0.25, -0.2) is 17.6 Å². The normalized spacial score (nSPS) is 11.8. The second-order valence-electron chi connectivity index (χ2n) is 5.32. The number of benzene rings is 2. The highest BCUT2D eigenvalue weighted by molar-refractivity contribution is 8.00. The summed E-state index contributed by atoms with van der Waals surface area (Å²) in [5.74, 6) is -6.55. The van der Waals surface area contributed by atoms with Crippen LogP contribution >= 0.6 is 23.4 Å². The Balaban J connectivity index is 1.88. The van der Waals surface area contributed by atoms with Crippen molar-refractivity contribution in [1.29, 1.82) is 0 Å². The van der Waals surface area contributed by atoms with E-state index in [1.54, 1.807) is 6.92 Å². The average Bonchev–Trinajstić information content (AvgIpc) is 2.63.